The highest BCUT2D eigenvalue weighted by Gasteiger charge is 2.09. The second-order valence-corrected chi connectivity index (χ2v) is 8.08. The number of amides is 1. The molecule has 0 saturated carbocycles. The number of pyridine rings is 1. The molecule has 4 rings (SSSR count). The van der Waals surface area contributed by atoms with Crippen LogP contribution < -0.4 is 10.1 Å². The van der Waals surface area contributed by atoms with Crippen LogP contribution in [0.4, 0.5) is 5.69 Å². The topological polar surface area (TPSA) is 94.8 Å². The highest BCUT2D eigenvalue weighted by molar-refractivity contribution is 9.10. The first-order chi connectivity index (χ1) is 15.5. The average molecular weight is 493 g/mol. The van der Waals surface area contributed by atoms with Crippen molar-refractivity contribution in [2.24, 2.45) is 7.05 Å². The molecule has 0 radical (unpaired) electrons. The van der Waals surface area contributed by atoms with Gasteiger partial charge in [0.15, 0.2) is 0 Å². The van der Waals surface area contributed by atoms with Gasteiger partial charge < -0.3 is 10.1 Å². The van der Waals surface area contributed by atoms with E-state index in [1.54, 1.807) is 16.9 Å². The van der Waals surface area contributed by atoms with Gasteiger partial charge >= 0.3 is 0 Å². The van der Waals surface area contributed by atoms with Gasteiger partial charge in [0, 0.05) is 37.6 Å². The highest BCUT2D eigenvalue weighted by atomic mass is 79.9. The summed E-state index contributed by atoms with van der Waals surface area (Å²) in [6.07, 6.45) is 9.85. The molecule has 0 aliphatic rings. The van der Waals surface area contributed by atoms with E-state index in [9.17, 15) is 4.79 Å². The van der Waals surface area contributed by atoms with Crippen LogP contribution in [0.1, 0.15) is 17.0 Å². The van der Waals surface area contributed by atoms with Crippen LogP contribution in [-0.4, -0.2) is 37.7 Å². The largest absolute Gasteiger partial charge is 0.480 e. The molecule has 1 aromatic carbocycles. The number of carbonyl (C=O) groups excluding carboxylic acids is 1. The lowest BCUT2D eigenvalue weighted by molar-refractivity contribution is -0.115. The van der Waals surface area contributed by atoms with Crippen molar-refractivity contribution in [1.29, 1.82) is 0 Å². The smallest absolute Gasteiger partial charge is 0.228 e. The third-order valence-electron chi connectivity index (χ3n) is 4.76. The number of aryl methyl sites for hydroxylation is 1. The summed E-state index contributed by atoms with van der Waals surface area (Å²) in [5, 5.41) is 7.01. The molecular weight excluding hydrogens is 472 g/mol. The van der Waals surface area contributed by atoms with Gasteiger partial charge in [0.2, 0.25) is 11.8 Å². The molecule has 0 aliphatic carbocycles. The minimum absolute atomic E-state index is 0.125. The Hall–Kier alpha value is -3.59. The molecule has 0 saturated heterocycles. The van der Waals surface area contributed by atoms with Crippen LogP contribution in [0.15, 0.2) is 65.8 Å². The van der Waals surface area contributed by atoms with E-state index in [0.29, 0.717) is 22.5 Å². The molecule has 8 nitrogen and oxygen atoms in total. The Labute approximate surface area is 193 Å². The number of hydrogen-bond acceptors (Lipinski definition) is 6. The van der Waals surface area contributed by atoms with Gasteiger partial charge in [0.1, 0.15) is 5.82 Å². The lowest BCUT2D eigenvalue weighted by Crippen LogP contribution is -2.14. The zero-order chi connectivity index (χ0) is 22.5. The van der Waals surface area contributed by atoms with Gasteiger partial charge in [0.25, 0.3) is 0 Å². The van der Waals surface area contributed by atoms with E-state index >= 15 is 0 Å². The lowest BCUT2D eigenvalue weighted by atomic mass is 10.0. The van der Waals surface area contributed by atoms with Crippen LogP contribution in [0.25, 0.3) is 11.1 Å². The number of nitrogens with one attached hydrogen (secondary N) is 1. The van der Waals surface area contributed by atoms with Gasteiger partial charge in [-0.1, -0.05) is 24.3 Å². The van der Waals surface area contributed by atoms with Gasteiger partial charge in [-0.3, -0.25) is 9.48 Å². The average Bonchev–Trinajstić information content (AvgIpc) is 3.19. The molecule has 3 heterocycles. The summed E-state index contributed by atoms with van der Waals surface area (Å²) in [6.45, 7) is 0. The molecule has 0 atom stereocenters. The second kappa shape index (κ2) is 9.69. The zero-order valence-electron chi connectivity index (χ0n) is 17.6. The molecule has 0 unspecified atom stereocenters. The maximum Gasteiger partial charge on any atom is 0.228 e. The van der Waals surface area contributed by atoms with Gasteiger partial charge in [-0.15, -0.1) is 0 Å². The molecule has 0 bridgehead atoms. The number of carbonyl (C=O) groups is 1. The summed E-state index contributed by atoms with van der Waals surface area (Å²) in [7, 11) is 3.42. The van der Waals surface area contributed by atoms with E-state index in [2.05, 4.69) is 41.3 Å². The van der Waals surface area contributed by atoms with Gasteiger partial charge in [-0.05, 0) is 38.7 Å². The van der Waals surface area contributed by atoms with Crippen LogP contribution in [-0.2, 0) is 24.7 Å². The Morgan fingerprint density at radius 1 is 1.03 bits per heavy atom. The number of aromatic nitrogens is 5. The summed E-state index contributed by atoms with van der Waals surface area (Å²) in [5.74, 6) is 1.09. The Balaban J connectivity index is 1.36. The first-order valence-electron chi connectivity index (χ1n) is 9.87. The number of hydrogen-bond donors (Lipinski definition) is 1. The van der Waals surface area contributed by atoms with Crippen molar-refractivity contribution in [3.05, 3.63) is 82.7 Å². The van der Waals surface area contributed by atoms with Crippen molar-refractivity contribution in [3.8, 4) is 17.0 Å². The van der Waals surface area contributed by atoms with E-state index in [4.69, 9.17) is 4.74 Å². The lowest BCUT2D eigenvalue weighted by Gasteiger charge is -2.08. The zero-order valence-corrected chi connectivity index (χ0v) is 19.2. The second-order valence-electron chi connectivity index (χ2n) is 7.22. The molecule has 162 valence electrons. The summed E-state index contributed by atoms with van der Waals surface area (Å²) in [6, 6.07) is 9.55. The van der Waals surface area contributed by atoms with Crippen molar-refractivity contribution < 1.29 is 9.53 Å². The third-order valence-corrected chi connectivity index (χ3v) is 5.33. The monoisotopic (exact) mass is 492 g/mol. The molecule has 1 N–H and O–H groups in total. The van der Waals surface area contributed by atoms with E-state index in [-0.39, 0.29) is 12.3 Å². The van der Waals surface area contributed by atoms with E-state index in [0.717, 1.165) is 28.1 Å². The summed E-state index contributed by atoms with van der Waals surface area (Å²) in [4.78, 5) is 25.4. The van der Waals surface area contributed by atoms with Crippen LogP contribution in [0.2, 0.25) is 0 Å². The minimum Gasteiger partial charge on any atom is -0.480 e. The maximum absolute atomic E-state index is 12.4. The summed E-state index contributed by atoms with van der Waals surface area (Å²) >= 11 is 3.36. The quantitative estimate of drug-likeness (QED) is 0.421. The number of benzene rings is 1. The minimum atomic E-state index is -0.125. The Kier molecular flexibility index (Phi) is 6.55. The SMILES string of the molecule is COc1ncc(NC(=O)Cc2ccc(-c3cnc(Cc4cnn(C)c4)nc3)cc2)cc1Br. The third kappa shape index (κ3) is 5.36. The van der Waals surface area contributed by atoms with E-state index in [1.165, 1.54) is 7.11 Å². The predicted octanol–water partition coefficient (Wildman–Crippen LogP) is 3.82. The molecular formula is C23H21BrN6O2. The Bertz CT molecular complexity index is 1220. The van der Waals surface area contributed by atoms with Crippen LogP contribution >= 0.6 is 15.9 Å². The Morgan fingerprint density at radius 3 is 2.41 bits per heavy atom. The van der Waals surface area contributed by atoms with Crippen LogP contribution in [0.3, 0.4) is 0 Å². The van der Waals surface area contributed by atoms with Crippen LogP contribution in [0.5, 0.6) is 5.88 Å². The Morgan fingerprint density at radius 2 is 1.78 bits per heavy atom. The summed E-state index contributed by atoms with van der Waals surface area (Å²) < 4.78 is 7.54. The van der Waals surface area contributed by atoms with Gasteiger partial charge in [-0.25, -0.2) is 15.0 Å². The number of anilines is 1. The fraction of sp³-hybridized carbons (Fsp3) is 0.174. The van der Waals surface area contributed by atoms with Crippen molar-refractivity contribution in [1.82, 2.24) is 24.7 Å². The van der Waals surface area contributed by atoms with Crippen molar-refractivity contribution in [2.45, 2.75) is 12.8 Å². The molecule has 1 amide bonds. The van der Waals surface area contributed by atoms with Gasteiger partial charge in [-0.2, -0.15) is 5.10 Å². The van der Waals surface area contributed by atoms with Crippen LogP contribution in [0, 0.1) is 0 Å². The fourth-order valence-corrected chi connectivity index (χ4v) is 3.70. The number of nitrogens with zero attached hydrogens (tertiary/aromatic N) is 5. The fourth-order valence-electron chi connectivity index (χ4n) is 3.19. The van der Waals surface area contributed by atoms with E-state index < -0.39 is 0 Å². The number of rotatable bonds is 7. The first kappa shape index (κ1) is 21.6. The molecule has 4 aromatic rings. The number of halogens is 1. The van der Waals surface area contributed by atoms with Crippen molar-refractivity contribution >= 4 is 27.5 Å². The summed E-state index contributed by atoms with van der Waals surface area (Å²) in [5.41, 5.74) is 4.49. The standard InChI is InChI=1S/C23H21BrN6O2/c1-30-14-16(10-28-30)7-21-25-11-18(12-26-21)17-5-3-15(4-6-17)8-22(31)29-19-9-20(24)23(32-2)27-13-19/h3-6,9-14H,7-8H2,1-2H3,(H,29,31). The molecule has 0 fully saturated rings. The first-order valence-corrected chi connectivity index (χ1v) is 10.7. The van der Waals surface area contributed by atoms with Crippen molar-refractivity contribution in [2.75, 3.05) is 12.4 Å². The molecule has 3 aromatic heterocycles. The molecule has 32 heavy (non-hydrogen) atoms. The van der Waals surface area contributed by atoms with Gasteiger partial charge in [0.05, 0.1) is 36.1 Å². The highest BCUT2D eigenvalue weighted by Crippen LogP contribution is 2.25. The maximum atomic E-state index is 12.4. The number of ether oxygens (including phenoxy) is 1. The number of methoxy groups -OCH3 is 1. The van der Waals surface area contributed by atoms with Crippen molar-refractivity contribution in [3.63, 3.8) is 0 Å². The van der Waals surface area contributed by atoms with E-state index in [1.807, 2.05) is 56.1 Å². The molecule has 0 spiro atoms. The predicted molar refractivity (Wildman–Crippen MR) is 124 cm³/mol. The normalized spacial score (nSPS) is 10.7. The molecule has 0 aliphatic heterocycles. The molecule has 9 heteroatoms.